The molecule has 0 saturated heterocycles. The molecule has 2 heterocycles. The van der Waals surface area contributed by atoms with Gasteiger partial charge in [0.15, 0.2) is 11.3 Å². The fourth-order valence-corrected chi connectivity index (χ4v) is 4.12. The molecule has 0 aliphatic carbocycles. The maximum Gasteiger partial charge on any atom is 0.341 e. The number of phenols is 1. The number of carbonyl (C=O) groups excluding carboxylic acids is 2. The monoisotopic (exact) mass is 434 g/mol. The number of esters is 1. The first-order valence-electron chi connectivity index (χ1n) is 9.45. The zero-order valence-electron chi connectivity index (χ0n) is 16.5. The average Bonchev–Trinajstić information content (AvgIpc) is 3.18. The van der Waals surface area contributed by atoms with E-state index in [1.807, 2.05) is 30.3 Å². The van der Waals surface area contributed by atoms with Crippen molar-refractivity contribution >= 4 is 39.2 Å². The molecule has 0 saturated carbocycles. The summed E-state index contributed by atoms with van der Waals surface area (Å²) in [5, 5.41) is 23.2. The van der Waals surface area contributed by atoms with Gasteiger partial charge in [0.1, 0.15) is 16.1 Å². The number of fused-ring (bicyclic) bond motifs is 1. The van der Waals surface area contributed by atoms with Crippen LogP contribution >= 0.6 is 11.3 Å². The largest absolute Gasteiger partial charge is 0.504 e. The molecule has 31 heavy (non-hydrogen) atoms. The molecule has 2 aromatic heterocycles. The highest BCUT2D eigenvalue weighted by Gasteiger charge is 2.24. The number of ether oxygens (including phenoxy) is 1. The van der Waals surface area contributed by atoms with Crippen LogP contribution in [-0.4, -0.2) is 23.6 Å². The lowest BCUT2D eigenvalue weighted by Gasteiger charge is -2.09. The second kappa shape index (κ2) is 8.45. The number of hydrogen-bond donors (Lipinski definition) is 3. The summed E-state index contributed by atoms with van der Waals surface area (Å²) < 4.78 is 10.5. The highest BCUT2D eigenvalue weighted by molar-refractivity contribution is 7.15. The third-order valence-electron chi connectivity index (χ3n) is 4.60. The first kappa shape index (κ1) is 20.4. The molecule has 2 aromatic carbocycles. The number of carbonyl (C=O) groups is 2. The summed E-state index contributed by atoms with van der Waals surface area (Å²) in [6, 6.07) is 15.5. The minimum absolute atomic E-state index is 0.0254. The highest BCUT2D eigenvalue weighted by Crippen LogP contribution is 2.36. The third kappa shape index (κ3) is 3.93. The number of nitrogens with one attached hydrogen (secondary N) is 2. The molecule has 0 atom stereocenters. The Kier molecular flexibility index (Phi) is 5.55. The van der Waals surface area contributed by atoms with Crippen molar-refractivity contribution in [3.8, 4) is 16.9 Å². The number of thiophene rings is 1. The number of para-hydroxylation sites is 1. The molecule has 4 aromatic rings. The molecule has 0 aliphatic heterocycles. The lowest BCUT2D eigenvalue weighted by molar-refractivity contribution is 0.0529. The van der Waals surface area contributed by atoms with Gasteiger partial charge in [-0.2, -0.15) is 0 Å². The van der Waals surface area contributed by atoms with E-state index in [1.54, 1.807) is 24.4 Å². The van der Waals surface area contributed by atoms with Crippen molar-refractivity contribution in [1.82, 2.24) is 0 Å². The second-order valence-corrected chi connectivity index (χ2v) is 7.46. The summed E-state index contributed by atoms with van der Waals surface area (Å²) in [4.78, 5) is 25.6. The van der Waals surface area contributed by atoms with Crippen LogP contribution in [0.2, 0.25) is 0 Å². The van der Waals surface area contributed by atoms with Crippen LogP contribution in [0.25, 0.3) is 22.1 Å². The van der Waals surface area contributed by atoms with Gasteiger partial charge in [0.05, 0.1) is 6.61 Å². The van der Waals surface area contributed by atoms with Gasteiger partial charge in [0.25, 0.3) is 5.91 Å². The van der Waals surface area contributed by atoms with Gasteiger partial charge in [-0.25, -0.2) is 4.79 Å². The molecule has 8 heteroatoms. The van der Waals surface area contributed by atoms with Gasteiger partial charge in [0.2, 0.25) is 5.55 Å². The van der Waals surface area contributed by atoms with Crippen LogP contribution < -0.4 is 10.9 Å². The predicted molar refractivity (Wildman–Crippen MR) is 117 cm³/mol. The number of hydrogen-bond acceptors (Lipinski definition) is 7. The van der Waals surface area contributed by atoms with E-state index < -0.39 is 17.4 Å². The predicted octanol–water partition coefficient (Wildman–Crippen LogP) is 4.78. The maximum atomic E-state index is 12.9. The number of phenolic OH excluding ortho intramolecular Hbond substituents is 1. The van der Waals surface area contributed by atoms with E-state index in [0.717, 1.165) is 5.56 Å². The van der Waals surface area contributed by atoms with Crippen LogP contribution in [-0.2, 0) is 4.74 Å². The summed E-state index contributed by atoms with van der Waals surface area (Å²) >= 11 is 1.20. The molecule has 4 rings (SSSR count). The zero-order valence-corrected chi connectivity index (χ0v) is 17.3. The number of amides is 1. The van der Waals surface area contributed by atoms with E-state index in [4.69, 9.17) is 14.6 Å². The summed E-state index contributed by atoms with van der Waals surface area (Å²) in [5.41, 5.74) is 1.43. The molecule has 0 aliphatic rings. The first-order valence-corrected chi connectivity index (χ1v) is 10.3. The summed E-state index contributed by atoms with van der Waals surface area (Å²) in [5.74, 6) is -1.27. The van der Waals surface area contributed by atoms with Crippen LogP contribution in [0.5, 0.6) is 5.75 Å². The molecule has 0 spiro atoms. The molecule has 7 nitrogen and oxygen atoms in total. The van der Waals surface area contributed by atoms with E-state index >= 15 is 0 Å². The Labute approximate surface area is 181 Å². The Morgan fingerprint density at radius 3 is 2.68 bits per heavy atom. The van der Waals surface area contributed by atoms with Crippen LogP contribution in [0.4, 0.5) is 5.00 Å². The molecule has 0 unspecified atom stereocenters. The third-order valence-corrected chi connectivity index (χ3v) is 5.50. The Morgan fingerprint density at radius 2 is 1.94 bits per heavy atom. The van der Waals surface area contributed by atoms with E-state index in [1.165, 1.54) is 23.5 Å². The van der Waals surface area contributed by atoms with E-state index in [0.29, 0.717) is 16.0 Å². The quantitative estimate of drug-likeness (QED) is 0.392. The fourth-order valence-electron chi connectivity index (χ4n) is 3.17. The molecule has 1 amide bonds. The van der Waals surface area contributed by atoms with Gasteiger partial charge in [-0.05, 0) is 24.6 Å². The van der Waals surface area contributed by atoms with Crippen LogP contribution in [0, 0.1) is 5.41 Å². The second-order valence-electron chi connectivity index (χ2n) is 6.58. The van der Waals surface area contributed by atoms with Crippen LogP contribution in [0.15, 0.2) is 64.4 Å². The van der Waals surface area contributed by atoms with Gasteiger partial charge in [-0.3, -0.25) is 10.2 Å². The molecule has 156 valence electrons. The molecule has 3 N–H and O–H groups in total. The average molecular weight is 434 g/mol. The van der Waals surface area contributed by atoms with Crippen molar-refractivity contribution in [2.45, 2.75) is 6.92 Å². The van der Waals surface area contributed by atoms with Gasteiger partial charge < -0.3 is 19.6 Å². The highest BCUT2D eigenvalue weighted by atomic mass is 32.1. The molecule has 0 radical (unpaired) electrons. The number of aromatic hydroxyl groups is 1. The maximum absolute atomic E-state index is 12.9. The molecular formula is C23H18N2O5S. The fraction of sp³-hybridized carbons (Fsp3) is 0.0870. The van der Waals surface area contributed by atoms with Crippen LogP contribution in [0.3, 0.4) is 0 Å². The SMILES string of the molecule is CCOC(=O)c1c(-c2ccccc2)csc1NC(=O)c1cc2cccc(O)c2oc1=N. The Balaban J connectivity index is 1.74. The minimum atomic E-state index is -0.606. The van der Waals surface area contributed by atoms with E-state index in [2.05, 4.69) is 5.32 Å². The van der Waals surface area contributed by atoms with Gasteiger partial charge in [-0.15, -0.1) is 11.3 Å². The summed E-state index contributed by atoms with van der Waals surface area (Å²) in [6.07, 6.45) is 0. The Bertz CT molecular complexity index is 1340. The molecule has 0 fully saturated rings. The van der Waals surface area contributed by atoms with Crippen molar-refractivity contribution < 1.29 is 23.8 Å². The van der Waals surface area contributed by atoms with Crippen molar-refractivity contribution in [3.05, 3.63) is 76.7 Å². The minimum Gasteiger partial charge on any atom is -0.504 e. The molecule has 0 bridgehead atoms. The van der Waals surface area contributed by atoms with Crippen molar-refractivity contribution in [1.29, 1.82) is 5.41 Å². The topological polar surface area (TPSA) is 113 Å². The van der Waals surface area contributed by atoms with Crippen LogP contribution in [0.1, 0.15) is 27.6 Å². The Hall–Kier alpha value is -3.91. The van der Waals surface area contributed by atoms with Gasteiger partial charge in [0, 0.05) is 16.3 Å². The standard InChI is InChI=1S/C23H18N2O5S/c1-2-29-23(28)18-16(13-7-4-3-5-8-13)12-31-22(18)25-21(27)15-11-14-9-6-10-17(26)19(14)30-20(15)24/h3-12,24,26H,2H2,1H3,(H,25,27). The number of rotatable bonds is 5. The van der Waals surface area contributed by atoms with Gasteiger partial charge in [-0.1, -0.05) is 42.5 Å². The molecular weight excluding hydrogens is 416 g/mol. The Morgan fingerprint density at radius 1 is 1.16 bits per heavy atom. The van der Waals surface area contributed by atoms with Crippen molar-refractivity contribution in [2.24, 2.45) is 0 Å². The van der Waals surface area contributed by atoms with E-state index in [9.17, 15) is 14.7 Å². The van der Waals surface area contributed by atoms with Crippen molar-refractivity contribution in [3.63, 3.8) is 0 Å². The van der Waals surface area contributed by atoms with Gasteiger partial charge >= 0.3 is 5.97 Å². The zero-order chi connectivity index (χ0) is 22.0. The number of anilines is 1. The summed E-state index contributed by atoms with van der Waals surface area (Å²) in [6.45, 7) is 1.91. The summed E-state index contributed by atoms with van der Waals surface area (Å²) in [7, 11) is 0. The lowest BCUT2D eigenvalue weighted by Crippen LogP contribution is -2.21. The number of benzene rings is 2. The van der Waals surface area contributed by atoms with E-state index in [-0.39, 0.29) is 29.1 Å². The normalized spacial score (nSPS) is 10.7. The first-order chi connectivity index (χ1) is 15.0. The van der Waals surface area contributed by atoms with Crippen molar-refractivity contribution in [2.75, 3.05) is 11.9 Å². The smallest absolute Gasteiger partial charge is 0.341 e. The lowest BCUT2D eigenvalue weighted by atomic mass is 10.0.